The van der Waals surface area contributed by atoms with Gasteiger partial charge in [-0.05, 0) is 59.5 Å². The molecule has 0 bridgehead atoms. The van der Waals surface area contributed by atoms with Gasteiger partial charge in [-0.2, -0.15) is 0 Å². The molecule has 0 unspecified atom stereocenters. The van der Waals surface area contributed by atoms with Gasteiger partial charge in [0.2, 0.25) is 0 Å². The minimum Gasteiger partial charge on any atom is -0.508 e. The van der Waals surface area contributed by atoms with Crippen molar-refractivity contribution in [2.24, 2.45) is 0 Å². The van der Waals surface area contributed by atoms with Crippen molar-refractivity contribution in [2.75, 3.05) is 0 Å². The quantitative estimate of drug-likeness (QED) is 0.450. The maximum atomic E-state index is 9.54. The molecule has 2 nitrogen and oxygen atoms in total. The van der Waals surface area contributed by atoms with Gasteiger partial charge in [0, 0.05) is 21.0 Å². The number of benzene rings is 2. The first kappa shape index (κ1) is 15.9. The van der Waals surface area contributed by atoms with Gasteiger partial charge in [0.05, 0.1) is 11.4 Å². The number of phenols is 1. The highest BCUT2D eigenvalue weighted by Crippen LogP contribution is 2.34. The molecule has 122 valence electrons. The van der Waals surface area contributed by atoms with Gasteiger partial charge in [-0.15, -0.1) is 11.3 Å². The number of nitrogens with zero attached hydrogens (tertiary/aromatic N) is 1. The first-order chi connectivity index (χ1) is 12.2. The molecule has 0 radical (unpaired) electrons. The number of thiophene rings is 1. The molecule has 0 aliphatic carbocycles. The summed E-state index contributed by atoms with van der Waals surface area (Å²) >= 11 is 8.07. The highest BCUT2D eigenvalue weighted by Gasteiger charge is 2.11. The van der Waals surface area contributed by atoms with E-state index in [0.29, 0.717) is 5.02 Å². The molecule has 0 amide bonds. The van der Waals surface area contributed by atoms with Gasteiger partial charge >= 0.3 is 0 Å². The summed E-state index contributed by atoms with van der Waals surface area (Å²) in [6.45, 7) is 0. The van der Waals surface area contributed by atoms with Crippen LogP contribution in [-0.2, 0) is 0 Å². The van der Waals surface area contributed by atoms with Crippen molar-refractivity contribution < 1.29 is 5.11 Å². The summed E-state index contributed by atoms with van der Waals surface area (Å²) in [5.74, 6) is 0.240. The molecule has 25 heavy (non-hydrogen) atoms. The molecule has 0 saturated heterocycles. The van der Waals surface area contributed by atoms with Crippen LogP contribution < -0.4 is 0 Å². The lowest BCUT2D eigenvalue weighted by Gasteiger charge is -2.10. The van der Waals surface area contributed by atoms with Crippen molar-refractivity contribution in [3.63, 3.8) is 0 Å². The zero-order valence-corrected chi connectivity index (χ0v) is 14.8. The molecule has 4 heteroatoms. The van der Waals surface area contributed by atoms with Crippen molar-refractivity contribution in [1.82, 2.24) is 4.98 Å². The highest BCUT2D eigenvalue weighted by molar-refractivity contribution is 7.13. The molecule has 0 saturated carbocycles. The van der Waals surface area contributed by atoms with Crippen LogP contribution in [0.1, 0.15) is 0 Å². The number of phenolic OH excluding ortho intramolecular Hbond substituents is 1. The average Bonchev–Trinajstić information content (AvgIpc) is 3.17. The van der Waals surface area contributed by atoms with Gasteiger partial charge in [0.25, 0.3) is 0 Å². The first-order valence-electron chi connectivity index (χ1n) is 7.81. The van der Waals surface area contributed by atoms with Crippen LogP contribution in [0.25, 0.3) is 33.0 Å². The molecule has 0 aliphatic rings. The molecular formula is C21H14ClNOS. The van der Waals surface area contributed by atoms with Crippen molar-refractivity contribution in [3.8, 4) is 38.7 Å². The molecule has 0 atom stereocenters. The third kappa shape index (κ3) is 3.29. The molecule has 0 spiro atoms. The Bertz CT molecular complexity index is 1010. The SMILES string of the molecule is Oc1ccc(-c2cc(-c3cccs3)cc(-c3ccccc3Cl)n2)cc1. The van der Waals surface area contributed by atoms with Crippen molar-refractivity contribution >= 4 is 22.9 Å². The van der Waals surface area contributed by atoms with Crippen LogP contribution in [0.15, 0.2) is 78.2 Å². The lowest BCUT2D eigenvalue weighted by molar-refractivity contribution is 0.475. The number of halogens is 1. The second kappa shape index (κ2) is 6.71. The second-order valence-electron chi connectivity index (χ2n) is 5.63. The number of aromatic hydroxyl groups is 1. The Morgan fingerprint density at radius 2 is 1.56 bits per heavy atom. The number of pyridine rings is 1. The Balaban J connectivity index is 1.92. The van der Waals surface area contributed by atoms with Gasteiger partial charge in [0.1, 0.15) is 5.75 Å². The van der Waals surface area contributed by atoms with E-state index in [4.69, 9.17) is 16.6 Å². The molecule has 0 aliphatic heterocycles. The standard InChI is InChI=1S/C21H14ClNOS/c22-18-5-2-1-4-17(18)20-13-15(21-6-3-11-25-21)12-19(23-20)14-7-9-16(24)10-8-14/h1-13,24H. The fraction of sp³-hybridized carbons (Fsp3) is 0. The normalized spacial score (nSPS) is 10.8. The van der Waals surface area contributed by atoms with E-state index in [2.05, 4.69) is 23.6 Å². The van der Waals surface area contributed by atoms with E-state index >= 15 is 0 Å². The lowest BCUT2D eigenvalue weighted by atomic mass is 10.0. The Morgan fingerprint density at radius 1 is 0.800 bits per heavy atom. The van der Waals surface area contributed by atoms with Gasteiger partial charge in [-0.25, -0.2) is 4.98 Å². The van der Waals surface area contributed by atoms with Crippen LogP contribution in [0.3, 0.4) is 0 Å². The Kier molecular flexibility index (Phi) is 4.26. The molecule has 4 rings (SSSR count). The molecule has 0 fully saturated rings. The van der Waals surface area contributed by atoms with Crippen LogP contribution in [0.4, 0.5) is 0 Å². The molecule has 2 heterocycles. The average molecular weight is 364 g/mol. The zero-order valence-electron chi connectivity index (χ0n) is 13.2. The summed E-state index contributed by atoms with van der Waals surface area (Å²) in [4.78, 5) is 5.99. The summed E-state index contributed by atoms with van der Waals surface area (Å²) in [6, 6.07) is 23.1. The van der Waals surface area contributed by atoms with Gasteiger partial charge in [-0.1, -0.05) is 35.9 Å². The van der Waals surface area contributed by atoms with Gasteiger partial charge < -0.3 is 5.11 Å². The Labute approximate surface area is 155 Å². The molecule has 2 aromatic carbocycles. The van der Waals surface area contributed by atoms with Crippen molar-refractivity contribution in [3.05, 3.63) is 83.2 Å². The maximum Gasteiger partial charge on any atom is 0.115 e. The van der Waals surface area contributed by atoms with E-state index in [-0.39, 0.29) is 5.75 Å². The number of hydrogen-bond acceptors (Lipinski definition) is 3. The fourth-order valence-electron chi connectivity index (χ4n) is 2.70. The largest absolute Gasteiger partial charge is 0.508 e. The minimum atomic E-state index is 0.240. The summed E-state index contributed by atoms with van der Waals surface area (Å²) in [7, 11) is 0. The van der Waals surface area contributed by atoms with Crippen LogP contribution in [0.2, 0.25) is 5.02 Å². The molecule has 1 N–H and O–H groups in total. The minimum absolute atomic E-state index is 0.240. The third-order valence-corrected chi connectivity index (χ3v) is 5.19. The lowest BCUT2D eigenvalue weighted by Crippen LogP contribution is -1.91. The van der Waals surface area contributed by atoms with E-state index < -0.39 is 0 Å². The summed E-state index contributed by atoms with van der Waals surface area (Å²) in [6.07, 6.45) is 0. The van der Waals surface area contributed by atoms with Crippen molar-refractivity contribution in [2.45, 2.75) is 0 Å². The van der Waals surface area contributed by atoms with Gasteiger partial charge in [0.15, 0.2) is 0 Å². The first-order valence-corrected chi connectivity index (χ1v) is 9.07. The zero-order chi connectivity index (χ0) is 17.2. The van der Waals surface area contributed by atoms with E-state index in [9.17, 15) is 5.11 Å². The third-order valence-electron chi connectivity index (χ3n) is 3.94. The Morgan fingerprint density at radius 3 is 2.28 bits per heavy atom. The van der Waals surface area contributed by atoms with Crippen LogP contribution in [0.5, 0.6) is 5.75 Å². The maximum absolute atomic E-state index is 9.54. The van der Waals surface area contributed by atoms with E-state index in [1.807, 2.05) is 42.5 Å². The highest BCUT2D eigenvalue weighted by atomic mass is 35.5. The monoisotopic (exact) mass is 363 g/mol. The van der Waals surface area contributed by atoms with Crippen LogP contribution in [-0.4, -0.2) is 10.1 Å². The number of aromatic nitrogens is 1. The van der Waals surface area contributed by atoms with Crippen molar-refractivity contribution in [1.29, 1.82) is 0 Å². The van der Waals surface area contributed by atoms with E-state index in [0.717, 1.165) is 28.1 Å². The molecular weight excluding hydrogens is 350 g/mol. The molecule has 4 aromatic rings. The predicted octanol–water partition coefficient (Wildman–Crippen LogP) is 6.50. The summed E-state index contributed by atoms with van der Waals surface area (Å²) in [5.41, 5.74) is 4.63. The van der Waals surface area contributed by atoms with Crippen LogP contribution >= 0.6 is 22.9 Å². The predicted molar refractivity (Wildman–Crippen MR) is 105 cm³/mol. The smallest absolute Gasteiger partial charge is 0.115 e. The van der Waals surface area contributed by atoms with E-state index in [1.165, 1.54) is 4.88 Å². The Hall–Kier alpha value is -2.62. The molecule has 2 aromatic heterocycles. The van der Waals surface area contributed by atoms with Gasteiger partial charge in [-0.3, -0.25) is 0 Å². The number of hydrogen-bond donors (Lipinski definition) is 1. The summed E-state index contributed by atoms with van der Waals surface area (Å²) in [5, 5.41) is 12.3. The van der Waals surface area contributed by atoms with Crippen LogP contribution in [0, 0.1) is 0 Å². The van der Waals surface area contributed by atoms with E-state index in [1.54, 1.807) is 23.5 Å². The number of rotatable bonds is 3. The summed E-state index contributed by atoms with van der Waals surface area (Å²) < 4.78 is 0. The topological polar surface area (TPSA) is 33.1 Å². The second-order valence-corrected chi connectivity index (χ2v) is 6.99. The fourth-order valence-corrected chi connectivity index (χ4v) is 3.65.